The van der Waals surface area contributed by atoms with E-state index < -0.39 is 0 Å². The van der Waals surface area contributed by atoms with E-state index in [1.165, 1.54) is 11.3 Å². The normalized spacial score (nSPS) is 19.2. The van der Waals surface area contributed by atoms with Crippen molar-refractivity contribution in [2.45, 2.75) is 20.3 Å². The van der Waals surface area contributed by atoms with Gasteiger partial charge in [-0.25, -0.2) is 0 Å². The second kappa shape index (κ2) is 6.46. The summed E-state index contributed by atoms with van der Waals surface area (Å²) >= 11 is 0. The molecule has 1 fully saturated rings. The summed E-state index contributed by atoms with van der Waals surface area (Å²) in [5.74, 6) is 0. The van der Waals surface area contributed by atoms with E-state index in [9.17, 15) is 0 Å². The van der Waals surface area contributed by atoms with Crippen molar-refractivity contribution in [3.63, 3.8) is 0 Å². The lowest BCUT2D eigenvalue weighted by Crippen LogP contribution is -2.42. The van der Waals surface area contributed by atoms with Crippen LogP contribution < -0.4 is 5.32 Å². The Hall–Kier alpha value is -1.02. The third kappa shape index (κ3) is 3.92. The fraction of sp³-hybridized carbons (Fsp3) is 0.538. The smallest absolute Gasteiger partial charge is 0.0361 e. The summed E-state index contributed by atoms with van der Waals surface area (Å²) < 4.78 is 0. The van der Waals surface area contributed by atoms with Crippen molar-refractivity contribution < 1.29 is 0 Å². The van der Waals surface area contributed by atoms with Crippen molar-refractivity contribution in [3.8, 4) is 0 Å². The van der Waals surface area contributed by atoms with Crippen LogP contribution in [0.3, 0.4) is 0 Å². The lowest BCUT2D eigenvalue weighted by atomic mass is 10.2. The zero-order valence-corrected chi connectivity index (χ0v) is 9.92. The van der Waals surface area contributed by atoms with Gasteiger partial charge in [-0.05, 0) is 25.5 Å². The van der Waals surface area contributed by atoms with Crippen LogP contribution in [-0.2, 0) is 0 Å². The van der Waals surface area contributed by atoms with Crippen molar-refractivity contribution in [1.29, 1.82) is 0 Å². The van der Waals surface area contributed by atoms with Gasteiger partial charge in [-0.3, -0.25) is 0 Å². The highest BCUT2D eigenvalue weighted by Crippen LogP contribution is 2.08. The van der Waals surface area contributed by atoms with Crippen LogP contribution in [0.5, 0.6) is 0 Å². The molecule has 2 heteroatoms. The van der Waals surface area contributed by atoms with Crippen LogP contribution in [0.25, 0.3) is 0 Å². The van der Waals surface area contributed by atoms with Crippen LogP contribution in [0.1, 0.15) is 20.3 Å². The molecule has 1 saturated heterocycles. The molecule has 15 heavy (non-hydrogen) atoms. The topological polar surface area (TPSA) is 15.3 Å². The van der Waals surface area contributed by atoms with Gasteiger partial charge in [-0.2, -0.15) is 0 Å². The van der Waals surface area contributed by atoms with Gasteiger partial charge in [-0.1, -0.05) is 25.2 Å². The van der Waals surface area contributed by atoms with Crippen LogP contribution in [0.4, 0.5) is 0 Å². The molecule has 1 aliphatic heterocycles. The molecule has 0 saturated carbocycles. The molecule has 0 unspecified atom stereocenters. The molecule has 0 aromatic rings. The number of hydrogen-bond donors (Lipinski definition) is 1. The number of hydrogen-bond acceptors (Lipinski definition) is 2. The second-order valence-corrected chi connectivity index (χ2v) is 3.90. The molecule has 0 amide bonds. The van der Waals surface area contributed by atoms with E-state index in [4.69, 9.17) is 0 Å². The third-order valence-electron chi connectivity index (χ3n) is 2.79. The second-order valence-electron chi connectivity index (χ2n) is 3.90. The molecule has 1 N–H and O–H groups in total. The first-order chi connectivity index (χ1) is 7.27. The zero-order valence-electron chi connectivity index (χ0n) is 9.92. The Bertz CT molecular complexity index is 258. The summed E-state index contributed by atoms with van der Waals surface area (Å²) in [6, 6.07) is 0. The van der Waals surface area contributed by atoms with Crippen molar-refractivity contribution in [3.05, 3.63) is 36.1 Å². The van der Waals surface area contributed by atoms with E-state index >= 15 is 0 Å². The van der Waals surface area contributed by atoms with E-state index in [-0.39, 0.29) is 0 Å². The molecule has 0 spiro atoms. The van der Waals surface area contributed by atoms with Gasteiger partial charge in [0.25, 0.3) is 0 Å². The minimum absolute atomic E-state index is 1.07. The monoisotopic (exact) mass is 206 g/mol. The van der Waals surface area contributed by atoms with Gasteiger partial charge in [0.15, 0.2) is 0 Å². The quantitative estimate of drug-likeness (QED) is 0.710. The lowest BCUT2D eigenvalue weighted by Gasteiger charge is -2.30. The zero-order chi connectivity index (χ0) is 11.1. The van der Waals surface area contributed by atoms with Crippen molar-refractivity contribution >= 4 is 0 Å². The minimum atomic E-state index is 1.07. The third-order valence-corrected chi connectivity index (χ3v) is 2.79. The van der Waals surface area contributed by atoms with Crippen molar-refractivity contribution in [1.82, 2.24) is 10.2 Å². The van der Waals surface area contributed by atoms with Gasteiger partial charge in [-0.15, -0.1) is 0 Å². The Morgan fingerprint density at radius 3 is 2.53 bits per heavy atom. The highest BCUT2D eigenvalue weighted by atomic mass is 15.2. The molecule has 1 heterocycles. The van der Waals surface area contributed by atoms with Gasteiger partial charge in [0.2, 0.25) is 0 Å². The van der Waals surface area contributed by atoms with Crippen LogP contribution >= 0.6 is 0 Å². The number of rotatable bonds is 4. The molecule has 1 aliphatic rings. The SMILES string of the molecule is C=C/C(=C\C=C(/C)CC)N1CCNCC1. The lowest BCUT2D eigenvalue weighted by molar-refractivity contribution is 0.307. The average Bonchev–Trinajstić information content (AvgIpc) is 2.31. The number of nitrogens with zero attached hydrogens (tertiary/aromatic N) is 1. The number of nitrogens with one attached hydrogen (secondary N) is 1. The molecule has 0 aromatic heterocycles. The Labute approximate surface area is 93.4 Å². The molecule has 2 nitrogen and oxygen atoms in total. The van der Waals surface area contributed by atoms with Crippen LogP contribution in [0.15, 0.2) is 36.1 Å². The fourth-order valence-electron chi connectivity index (χ4n) is 1.57. The first-order valence-electron chi connectivity index (χ1n) is 5.73. The molecule has 0 aromatic carbocycles. The molecule has 84 valence electrons. The van der Waals surface area contributed by atoms with Crippen LogP contribution in [0.2, 0.25) is 0 Å². The minimum Gasteiger partial charge on any atom is -0.369 e. The van der Waals surface area contributed by atoms with Crippen LogP contribution in [-0.4, -0.2) is 31.1 Å². The molecule has 0 radical (unpaired) electrons. The molecular formula is C13H22N2. The molecule has 0 bridgehead atoms. The molecule has 0 atom stereocenters. The van der Waals surface area contributed by atoms with Crippen molar-refractivity contribution in [2.75, 3.05) is 26.2 Å². The number of allylic oxidation sites excluding steroid dienone is 4. The van der Waals surface area contributed by atoms with Gasteiger partial charge in [0.05, 0.1) is 0 Å². The standard InChI is InChI=1S/C13H22N2/c1-4-12(3)6-7-13(5-2)15-10-8-14-9-11-15/h5-7,14H,2,4,8-11H2,1,3H3/b12-6+,13-7+. The summed E-state index contributed by atoms with van der Waals surface area (Å²) in [7, 11) is 0. The van der Waals surface area contributed by atoms with E-state index in [1.54, 1.807) is 0 Å². The largest absolute Gasteiger partial charge is 0.369 e. The summed E-state index contributed by atoms with van der Waals surface area (Å²) in [4.78, 5) is 2.38. The predicted molar refractivity (Wildman–Crippen MR) is 66.8 cm³/mol. The van der Waals surface area contributed by atoms with E-state index in [1.807, 2.05) is 6.08 Å². The summed E-state index contributed by atoms with van der Waals surface area (Å²) in [5, 5.41) is 3.35. The summed E-state index contributed by atoms with van der Waals surface area (Å²) in [6.07, 6.45) is 7.43. The predicted octanol–water partition coefficient (Wildman–Crippen LogP) is 2.32. The van der Waals surface area contributed by atoms with Gasteiger partial charge in [0.1, 0.15) is 0 Å². The maximum absolute atomic E-state index is 3.88. The van der Waals surface area contributed by atoms with E-state index in [0.717, 1.165) is 32.6 Å². The van der Waals surface area contributed by atoms with Gasteiger partial charge < -0.3 is 10.2 Å². The first-order valence-corrected chi connectivity index (χ1v) is 5.73. The molecule has 0 aliphatic carbocycles. The number of piperazine rings is 1. The summed E-state index contributed by atoms with van der Waals surface area (Å²) in [5.41, 5.74) is 2.65. The van der Waals surface area contributed by atoms with Gasteiger partial charge >= 0.3 is 0 Å². The Kier molecular flexibility index (Phi) is 5.19. The Balaban J connectivity index is 2.64. The summed E-state index contributed by atoms with van der Waals surface area (Å²) in [6.45, 7) is 12.5. The molecule has 1 rings (SSSR count). The van der Waals surface area contributed by atoms with Gasteiger partial charge in [0, 0.05) is 31.9 Å². The van der Waals surface area contributed by atoms with Crippen molar-refractivity contribution in [2.24, 2.45) is 0 Å². The Morgan fingerprint density at radius 2 is 2.00 bits per heavy atom. The first kappa shape index (κ1) is 12.1. The highest BCUT2D eigenvalue weighted by molar-refractivity contribution is 5.23. The average molecular weight is 206 g/mol. The highest BCUT2D eigenvalue weighted by Gasteiger charge is 2.09. The maximum Gasteiger partial charge on any atom is 0.0361 e. The van der Waals surface area contributed by atoms with E-state index in [0.29, 0.717) is 0 Å². The fourth-order valence-corrected chi connectivity index (χ4v) is 1.57. The van der Waals surface area contributed by atoms with E-state index in [2.05, 4.69) is 42.8 Å². The molecular weight excluding hydrogens is 184 g/mol. The maximum atomic E-state index is 3.88. The Morgan fingerprint density at radius 1 is 1.33 bits per heavy atom. The van der Waals surface area contributed by atoms with Crippen LogP contribution in [0, 0.1) is 0 Å².